The van der Waals surface area contributed by atoms with Gasteiger partial charge in [0.15, 0.2) is 17.4 Å². The van der Waals surface area contributed by atoms with E-state index in [0.717, 1.165) is 63.1 Å². The molecule has 60 heavy (non-hydrogen) atoms. The van der Waals surface area contributed by atoms with Crippen molar-refractivity contribution in [3.8, 4) is 17.6 Å². The Hall–Kier alpha value is -5.61. The van der Waals surface area contributed by atoms with Gasteiger partial charge in [-0.3, -0.25) is 29.6 Å². The van der Waals surface area contributed by atoms with E-state index < -0.39 is 11.8 Å². The number of ether oxygens (including phenoxy) is 1. The molecule has 15 nitrogen and oxygen atoms in total. The first-order valence-corrected chi connectivity index (χ1v) is 20.9. The number of nitriles is 1. The summed E-state index contributed by atoms with van der Waals surface area (Å²) >= 11 is 1.18. The third-order valence-corrected chi connectivity index (χ3v) is 13.8. The maximum absolute atomic E-state index is 15.6. The molecule has 18 heteroatoms. The van der Waals surface area contributed by atoms with E-state index in [1.165, 1.54) is 35.2 Å². The number of aromatic nitrogens is 4. The molecule has 2 aromatic heterocycles. The predicted octanol–water partition coefficient (Wildman–Crippen LogP) is 5.65. The van der Waals surface area contributed by atoms with Crippen molar-refractivity contribution in [2.75, 3.05) is 67.4 Å². The van der Waals surface area contributed by atoms with Gasteiger partial charge in [0.05, 0.1) is 40.2 Å². The van der Waals surface area contributed by atoms with Crippen molar-refractivity contribution in [1.82, 2.24) is 34.3 Å². The van der Waals surface area contributed by atoms with E-state index >= 15 is 8.78 Å². The molecule has 0 atom stereocenters. The topological polar surface area (TPSA) is 168 Å². The number of rotatable bonds is 11. The molecule has 310 valence electrons. The fraction of sp³-hybridized carbons (Fsp3) is 0.429. The molecule has 5 heterocycles. The van der Waals surface area contributed by atoms with Crippen LogP contribution in [-0.2, 0) is 11.8 Å². The van der Waals surface area contributed by atoms with Gasteiger partial charge in [0.2, 0.25) is 5.91 Å². The summed E-state index contributed by atoms with van der Waals surface area (Å²) < 4.78 is 43.1. The number of imide groups is 1. The van der Waals surface area contributed by atoms with Gasteiger partial charge in [-0.05, 0) is 74.5 Å². The molecule has 5 aromatic rings. The number of fused-ring (bicyclic) bond motifs is 2. The number of aliphatic hydroxyl groups excluding tert-OH is 1. The minimum Gasteiger partial charge on any atom is -0.453 e. The number of anilines is 3. The molecule has 3 saturated heterocycles. The number of likely N-dealkylation sites (tertiary alicyclic amines) is 1. The molecule has 5 fully saturated rings. The zero-order valence-electron chi connectivity index (χ0n) is 33.1. The summed E-state index contributed by atoms with van der Waals surface area (Å²) in [5.41, 5.74) is 4.46. The molecule has 2 spiro atoms. The van der Waals surface area contributed by atoms with Crippen LogP contribution in [0.5, 0.6) is 11.5 Å². The number of hydrogen-bond donors (Lipinski definition) is 3. The van der Waals surface area contributed by atoms with Gasteiger partial charge in [-0.2, -0.15) is 10.4 Å². The lowest BCUT2D eigenvalue weighted by Crippen LogP contribution is -2.72. The molecule has 2 aliphatic carbocycles. The number of nitrogens with one attached hydrogen (secondary N) is 2. The number of nitrogens with zero attached hydrogens (tertiary/aromatic N) is 9. The second-order valence-corrected chi connectivity index (χ2v) is 18.2. The molecular formula is C42H43F2N11O4S. The van der Waals surface area contributed by atoms with Gasteiger partial charge in [0.1, 0.15) is 23.2 Å². The average molecular weight is 836 g/mol. The van der Waals surface area contributed by atoms with Crippen LogP contribution in [0.4, 0.5) is 30.8 Å². The van der Waals surface area contributed by atoms with E-state index in [4.69, 9.17) is 9.72 Å². The minimum atomic E-state index is -0.662. The quantitative estimate of drug-likeness (QED) is 0.140. The van der Waals surface area contributed by atoms with E-state index in [2.05, 4.69) is 36.0 Å². The van der Waals surface area contributed by atoms with Crippen LogP contribution in [0, 0.1) is 33.8 Å². The Labute approximate surface area is 348 Å². The van der Waals surface area contributed by atoms with Crippen LogP contribution in [0.2, 0.25) is 0 Å². The Morgan fingerprint density at radius 3 is 2.58 bits per heavy atom. The van der Waals surface area contributed by atoms with Crippen molar-refractivity contribution in [3.63, 3.8) is 0 Å². The van der Waals surface area contributed by atoms with Gasteiger partial charge in [-0.1, -0.05) is 0 Å². The fourth-order valence-electron chi connectivity index (χ4n) is 9.92. The van der Waals surface area contributed by atoms with E-state index in [9.17, 15) is 20.0 Å². The first-order valence-electron chi connectivity index (χ1n) is 20.1. The highest BCUT2D eigenvalue weighted by atomic mass is 32.2. The highest BCUT2D eigenvalue weighted by Crippen LogP contribution is 2.60. The Kier molecular flexibility index (Phi) is 9.35. The molecule has 0 unspecified atom stereocenters. The zero-order chi connectivity index (χ0) is 41.5. The number of halogens is 2. The van der Waals surface area contributed by atoms with E-state index in [-0.39, 0.29) is 48.0 Å². The number of amides is 3. The number of benzene rings is 3. The summed E-state index contributed by atoms with van der Waals surface area (Å²) in [5.74, 6) is -0.523. The SMILES string of the molecule is CN(CCO)SNc1ccc(F)c(Oc2ccc3ncc(C4CC5(C4)CN(C4CC6(C4)CN(c4cc7c(cc4F)c(N4CCC(=O)NC4=O)nn7C)C6)C5)nc3c2)c1C#N. The Morgan fingerprint density at radius 2 is 1.83 bits per heavy atom. The number of carbonyl (C=O) groups excluding carboxylic acids is 2. The van der Waals surface area contributed by atoms with Crippen LogP contribution in [0.15, 0.2) is 48.7 Å². The molecule has 3 aliphatic heterocycles. The van der Waals surface area contributed by atoms with Crippen LogP contribution in [0.25, 0.3) is 21.9 Å². The molecule has 3 amide bonds. The molecular weight excluding hydrogens is 793 g/mol. The van der Waals surface area contributed by atoms with Crippen LogP contribution in [0.3, 0.4) is 0 Å². The molecule has 10 rings (SSSR count). The smallest absolute Gasteiger partial charge is 0.329 e. The van der Waals surface area contributed by atoms with Crippen molar-refractivity contribution in [2.45, 2.75) is 44.1 Å². The summed E-state index contributed by atoms with van der Waals surface area (Å²) in [6.45, 7) is 4.34. The Bertz CT molecular complexity index is 2610. The monoisotopic (exact) mass is 835 g/mol. The van der Waals surface area contributed by atoms with Gasteiger partial charge < -0.3 is 19.5 Å². The number of aliphatic hydroxyl groups is 1. The number of aryl methyl sites for hydroxylation is 1. The van der Waals surface area contributed by atoms with Crippen LogP contribution < -0.4 is 24.6 Å². The Balaban J connectivity index is 0.730. The molecule has 3 aromatic carbocycles. The molecule has 0 radical (unpaired) electrons. The number of urea groups is 1. The molecule has 5 aliphatic rings. The Morgan fingerprint density at radius 1 is 1.05 bits per heavy atom. The van der Waals surface area contributed by atoms with Crippen molar-refractivity contribution in [3.05, 3.63) is 71.6 Å². The number of likely N-dealkylation sites (N-methyl/N-ethyl adjacent to an activating group) is 1. The van der Waals surface area contributed by atoms with E-state index in [0.29, 0.717) is 63.3 Å². The molecule has 2 saturated carbocycles. The third kappa shape index (κ3) is 6.64. The van der Waals surface area contributed by atoms with Crippen molar-refractivity contribution in [1.29, 1.82) is 5.26 Å². The van der Waals surface area contributed by atoms with Crippen molar-refractivity contribution < 1.29 is 28.2 Å². The normalized spacial score (nSPS) is 20.9. The average Bonchev–Trinajstić information content (AvgIpc) is 3.47. The van der Waals surface area contributed by atoms with Crippen LogP contribution >= 0.6 is 12.1 Å². The van der Waals surface area contributed by atoms with Crippen molar-refractivity contribution in [2.24, 2.45) is 17.9 Å². The zero-order valence-corrected chi connectivity index (χ0v) is 33.9. The fourth-order valence-corrected chi connectivity index (χ4v) is 10.5. The van der Waals surface area contributed by atoms with E-state index in [1.807, 2.05) is 12.3 Å². The maximum atomic E-state index is 15.6. The van der Waals surface area contributed by atoms with Crippen molar-refractivity contribution >= 4 is 63.2 Å². The van der Waals surface area contributed by atoms with Crippen LogP contribution in [-0.4, -0.2) is 105 Å². The lowest BCUT2D eigenvalue weighted by Gasteiger charge is -2.67. The standard InChI is InChI=1S/C42H43F2N11O4S/c1-51(9-10-56)60-50-31-6-4-29(43)38(28(31)18-45)59-26-3-5-32-33(11-26)47-34(19-46-32)24-14-41(15-24)20-53(21-41)25-16-42(17-25)22-54(23-42)36-13-35-27(12-30(36)44)39(49-52(35)2)55-8-7-37(57)48-40(55)58/h3-6,11-13,19,24-25,50,56H,7-10,14-17,20-23H2,1-2H3,(H,48,57,58). The summed E-state index contributed by atoms with van der Waals surface area (Å²) in [5, 5.41) is 26.5. The second kappa shape index (κ2) is 14.5. The summed E-state index contributed by atoms with van der Waals surface area (Å²) in [7, 11) is 3.56. The predicted molar refractivity (Wildman–Crippen MR) is 221 cm³/mol. The number of carbonyl (C=O) groups is 2. The van der Waals surface area contributed by atoms with Gasteiger partial charge in [-0.25, -0.2) is 22.9 Å². The molecule has 3 N–H and O–H groups in total. The number of hydrogen-bond acceptors (Lipinski definition) is 13. The second-order valence-electron chi connectivity index (χ2n) is 17.2. The van der Waals surface area contributed by atoms with Gasteiger partial charge >= 0.3 is 6.03 Å². The summed E-state index contributed by atoms with van der Waals surface area (Å²) in [6.07, 6.45) is 6.33. The summed E-state index contributed by atoms with van der Waals surface area (Å²) in [6, 6.07) is 13.3. The van der Waals surface area contributed by atoms with Crippen LogP contribution in [0.1, 0.15) is 49.3 Å². The van der Waals surface area contributed by atoms with Gasteiger partial charge in [0.25, 0.3) is 0 Å². The maximum Gasteiger partial charge on any atom is 0.329 e. The third-order valence-electron chi connectivity index (χ3n) is 13.0. The lowest BCUT2D eigenvalue weighted by molar-refractivity contribution is -0.140. The highest BCUT2D eigenvalue weighted by molar-refractivity contribution is 7.98. The minimum absolute atomic E-state index is 0.0256. The highest BCUT2D eigenvalue weighted by Gasteiger charge is 2.60. The van der Waals surface area contributed by atoms with Gasteiger partial charge in [0, 0.05) is 99.9 Å². The van der Waals surface area contributed by atoms with E-state index in [1.54, 1.807) is 41.3 Å². The largest absolute Gasteiger partial charge is 0.453 e. The van der Waals surface area contributed by atoms with Gasteiger partial charge in [-0.15, -0.1) is 0 Å². The lowest BCUT2D eigenvalue weighted by atomic mass is 9.54. The first-order chi connectivity index (χ1) is 28.9. The molecule has 0 bridgehead atoms. The summed E-state index contributed by atoms with van der Waals surface area (Å²) in [4.78, 5) is 39.9. The first kappa shape index (κ1) is 38.6.